The van der Waals surface area contributed by atoms with Gasteiger partial charge in [0.05, 0.1) is 0 Å². The van der Waals surface area contributed by atoms with E-state index in [1.807, 2.05) is 6.92 Å². The van der Waals surface area contributed by atoms with Gasteiger partial charge in [0, 0.05) is 28.4 Å². The Bertz CT molecular complexity index is 585. The topological polar surface area (TPSA) is 47.0 Å². The molecule has 1 aromatic carbocycles. The van der Waals surface area contributed by atoms with E-state index in [0.717, 1.165) is 18.5 Å². The van der Waals surface area contributed by atoms with Gasteiger partial charge in [-0.1, -0.05) is 30.1 Å². The zero-order valence-corrected chi connectivity index (χ0v) is 12.8. The second-order valence-corrected chi connectivity index (χ2v) is 5.19. The molecule has 0 spiro atoms. The lowest BCUT2D eigenvalue weighted by molar-refractivity contribution is 0.458. The molecule has 4 nitrogen and oxygen atoms in total. The summed E-state index contributed by atoms with van der Waals surface area (Å²) in [5.74, 6) is 1.57. The van der Waals surface area contributed by atoms with Crippen LogP contribution in [0.4, 0.5) is 5.95 Å². The summed E-state index contributed by atoms with van der Waals surface area (Å²) in [7, 11) is 0. The van der Waals surface area contributed by atoms with Crippen LogP contribution in [0.15, 0.2) is 24.4 Å². The molecule has 6 heteroatoms. The molecule has 0 saturated heterocycles. The van der Waals surface area contributed by atoms with Crippen LogP contribution < -0.4 is 10.1 Å². The summed E-state index contributed by atoms with van der Waals surface area (Å²) < 4.78 is 5.73. The van der Waals surface area contributed by atoms with E-state index < -0.39 is 0 Å². The van der Waals surface area contributed by atoms with E-state index in [1.165, 1.54) is 0 Å². The Morgan fingerprint density at radius 1 is 1.20 bits per heavy atom. The maximum absolute atomic E-state index is 5.95. The van der Waals surface area contributed by atoms with E-state index >= 15 is 0 Å². The van der Waals surface area contributed by atoms with Crippen molar-refractivity contribution >= 4 is 29.2 Å². The van der Waals surface area contributed by atoms with Gasteiger partial charge in [-0.3, -0.25) is 0 Å². The van der Waals surface area contributed by atoms with Gasteiger partial charge >= 0.3 is 0 Å². The van der Waals surface area contributed by atoms with Gasteiger partial charge in [-0.05, 0) is 31.5 Å². The first-order valence-corrected chi connectivity index (χ1v) is 7.05. The van der Waals surface area contributed by atoms with Crippen LogP contribution in [0.2, 0.25) is 10.0 Å². The van der Waals surface area contributed by atoms with Crippen molar-refractivity contribution in [3.05, 3.63) is 40.0 Å². The van der Waals surface area contributed by atoms with Crippen molar-refractivity contribution < 1.29 is 4.74 Å². The molecule has 2 rings (SSSR count). The number of halogens is 2. The monoisotopic (exact) mass is 311 g/mol. The fraction of sp³-hybridized carbons (Fsp3) is 0.286. The van der Waals surface area contributed by atoms with Crippen molar-refractivity contribution in [2.75, 3.05) is 11.9 Å². The van der Waals surface area contributed by atoms with E-state index in [2.05, 4.69) is 22.2 Å². The van der Waals surface area contributed by atoms with Gasteiger partial charge in [0.2, 0.25) is 11.8 Å². The number of nitrogens with zero attached hydrogens (tertiary/aromatic N) is 2. The van der Waals surface area contributed by atoms with Crippen LogP contribution in [-0.2, 0) is 0 Å². The number of hydrogen-bond donors (Lipinski definition) is 1. The van der Waals surface area contributed by atoms with Gasteiger partial charge in [-0.2, -0.15) is 4.98 Å². The molecule has 0 aliphatic carbocycles. The summed E-state index contributed by atoms with van der Waals surface area (Å²) >= 11 is 11.9. The van der Waals surface area contributed by atoms with E-state index in [0.29, 0.717) is 27.6 Å². The molecular weight excluding hydrogens is 297 g/mol. The van der Waals surface area contributed by atoms with Crippen molar-refractivity contribution in [3.8, 4) is 11.6 Å². The molecule has 0 aliphatic heterocycles. The van der Waals surface area contributed by atoms with Crippen LogP contribution in [0, 0.1) is 6.92 Å². The second-order valence-electron chi connectivity index (χ2n) is 4.32. The molecule has 0 aliphatic rings. The van der Waals surface area contributed by atoms with Crippen LogP contribution in [0.1, 0.15) is 18.9 Å². The molecule has 0 saturated carbocycles. The van der Waals surface area contributed by atoms with Crippen LogP contribution in [0.3, 0.4) is 0 Å². The average Bonchev–Trinajstić information content (AvgIpc) is 2.38. The first-order valence-electron chi connectivity index (χ1n) is 6.30. The Morgan fingerprint density at radius 3 is 2.55 bits per heavy atom. The highest BCUT2D eigenvalue weighted by Gasteiger charge is 2.07. The predicted octanol–water partition coefficient (Wildman–Crippen LogP) is 4.71. The molecule has 0 unspecified atom stereocenters. The molecule has 0 fully saturated rings. The first-order chi connectivity index (χ1) is 9.58. The van der Waals surface area contributed by atoms with Crippen LogP contribution in [0.5, 0.6) is 11.6 Å². The third-order valence-electron chi connectivity index (χ3n) is 2.51. The molecular formula is C14H15Cl2N3O. The Morgan fingerprint density at radius 2 is 1.90 bits per heavy atom. The fourth-order valence-corrected chi connectivity index (χ4v) is 2.06. The van der Waals surface area contributed by atoms with E-state index in [1.54, 1.807) is 24.4 Å². The molecule has 1 N–H and O–H groups in total. The van der Waals surface area contributed by atoms with Gasteiger partial charge < -0.3 is 10.1 Å². The highest BCUT2D eigenvalue weighted by atomic mass is 35.5. The minimum Gasteiger partial charge on any atom is -0.438 e. The molecule has 0 atom stereocenters. The fourth-order valence-electron chi connectivity index (χ4n) is 1.55. The number of nitrogens with one attached hydrogen (secondary N) is 1. The standard InChI is InChI=1S/C14H15Cl2N3O/c1-3-4-17-14-18-8-9(2)13(19-14)20-12-6-10(15)5-11(16)7-12/h5-8H,3-4H2,1-2H3,(H,17,18,19). The van der Waals surface area contributed by atoms with Gasteiger partial charge in [0.25, 0.3) is 0 Å². The molecule has 1 aromatic heterocycles. The van der Waals surface area contributed by atoms with Crippen LogP contribution >= 0.6 is 23.2 Å². The number of ether oxygens (including phenoxy) is 1. The minimum absolute atomic E-state index is 0.483. The van der Waals surface area contributed by atoms with Crippen LogP contribution in [0.25, 0.3) is 0 Å². The molecule has 0 radical (unpaired) electrons. The SMILES string of the molecule is CCCNc1ncc(C)c(Oc2cc(Cl)cc(Cl)c2)n1. The maximum atomic E-state index is 5.95. The normalized spacial score (nSPS) is 10.4. The van der Waals surface area contributed by atoms with Crippen molar-refractivity contribution in [2.45, 2.75) is 20.3 Å². The van der Waals surface area contributed by atoms with E-state index in [4.69, 9.17) is 27.9 Å². The van der Waals surface area contributed by atoms with Crippen LogP contribution in [-0.4, -0.2) is 16.5 Å². The summed E-state index contributed by atoms with van der Waals surface area (Å²) in [5.41, 5.74) is 0.836. The van der Waals surface area contributed by atoms with E-state index in [-0.39, 0.29) is 0 Å². The van der Waals surface area contributed by atoms with E-state index in [9.17, 15) is 0 Å². The highest BCUT2D eigenvalue weighted by molar-refractivity contribution is 6.34. The zero-order chi connectivity index (χ0) is 14.5. The number of anilines is 1. The Balaban J connectivity index is 2.23. The lowest BCUT2D eigenvalue weighted by Gasteiger charge is -2.10. The largest absolute Gasteiger partial charge is 0.438 e. The van der Waals surface area contributed by atoms with Crippen molar-refractivity contribution in [3.63, 3.8) is 0 Å². The highest BCUT2D eigenvalue weighted by Crippen LogP contribution is 2.29. The van der Waals surface area contributed by atoms with Crippen molar-refractivity contribution in [1.29, 1.82) is 0 Å². The second kappa shape index (κ2) is 6.77. The molecule has 0 bridgehead atoms. The third kappa shape index (κ3) is 3.99. The molecule has 0 amide bonds. The molecule has 2 aromatic rings. The first kappa shape index (κ1) is 14.9. The summed E-state index contributed by atoms with van der Waals surface area (Å²) in [5, 5.41) is 4.15. The molecule has 20 heavy (non-hydrogen) atoms. The van der Waals surface area contributed by atoms with Gasteiger partial charge in [0.1, 0.15) is 5.75 Å². The van der Waals surface area contributed by atoms with Crippen molar-refractivity contribution in [2.24, 2.45) is 0 Å². The average molecular weight is 312 g/mol. The Labute approximate surface area is 128 Å². The van der Waals surface area contributed by atoms with Gasteiger partial charge in [-0.25, -0.2) is 4.98 Å². The molecule has 106 valence electrons. The third-order valence-corrected chi connectivity index (χ3v) is 2.95. The predicted molar refractivity (Wildman–Crippen MR) is 82.1 cm³/mol. The zero-order valence-electron chi connectivity index (χ0n) is 11.3. The number of aromatic nitrogens is 2. The van der Waals surface area contributed by atoms with Crippen molar-refractivity contribution in [1.82, 2.24) is 9.97 Å². The Kier molecular flexibility index (Phi) is 5.04. The number of benzene rings is 1. The number of rotatable bonds is 5. The number of aryl methyl sites for hydroxylation is 1. The molecule has 1 heterocycles. The maximum Gasteiger partial charge on any atom is 0.226 e. The summed E-state index contributed by atoms with van der Waals surface area (Å²) in [4.78, 5) is 8.53. The summed E-state index contributed by atoms with van der Waals surface area (Å²) in [6, 6.07) is 5.03. The minimum atomic E-state index is 0.483. The smallest absolute Gasteiger partial charge is 0.226 e. The summed E-state index contributed by atoms with van der Waals surface area (Å²) in [6.45, 7) is 4.77. The number of hydrogen-bond acceptors (Lipinski definition) is 4. The lowest BCUT2D eigenvalue weighted by Crippen LogP contribution is -2.05. The quantitative estimate of drug-likeness (QED) is 0.869. The summed E-state index contributed by atoms with van der Waals surface area (Å²) in [6.07, 6.45) is 2.71. The van der Waals surface area contributed by atoms with Gasteiger partial charge in [-0.15, -0.1) is 0 Å². The lowest BCUT2D eigenvalue weighted by atomic mass is 10.3. The Hall–Kier alpha value is -1.52. The van der Waals surface area contributed by atoms with Gasteiger partial charge in [0.15, 0.2) is 0 Å².